The van der Waals surface area contributed by atoms with Crippen molar-refractivity contribution in [2.24, 2.45) is 0 Å². The van der Waals surface area contributed by atoms with Crippen LogP contribution < -0.4 is 0 Å². The van der Waals surface area contributed by atoms with Gasteiger partial charge >= 0.3 is 0 Å². The van der Waals surface area contributed by atoms with Crippen molar-refractivity contribution in [1.82, 2.24) is 39.5 Å². The molecule has 20 rings (SSSR count). The van der Waals surface area contributed by atoms with E-state index >= 15 is 0 Å². The number of nitrogens with one attached hydrogen (secondary N) is 4. The monoisotopic (exact) mass is 1650 g/mol. The summed E-state index contributed by atoms with van der Waals surface area (Å²) in [7, 11) is 0. The highest BCUT2D eigenvalue weighted by Crippen LogP contribution is 2.45. The Morgan fingerprint density at radius 3 is 0.915 bits per heavy atom. The molecular weight excluding hydrogens is 1570 g/mol. The van der Waals surface area contributed by atoms with E-state index in [1.165, 1.54) is 60.7 Å². The molecule has 5 aromatic heterocycles. The van der Waals surface area contributed by atoms with E-state index in [1.54, 1.807) is 24.3 Å². The summed E-state index contributed by atoms with van der Waals surface area (Å²) < 4.78 is 0. The van der Waals surface area contributed by atoms with Crippen LogP contribution in [0.25, 0.3) is 43.6 Å². The molecule has 4 aliphatic rings. The predicted octanol–water partition coefficient (Wildman–Crippen LogP) is 24.8. The molecule has 18 heteroatoms. The first-order valence-corrected chi connectivity index (χ1v) is 42.2. The van der Waals surface area contributed by atoms with Crippen molar-refractivity contribution in [3.8, 4) is 0 Å². The number of aryl methyl sites for hydroxylation is 1. The fraction of sp³-hybridized carbons (Fsp3) is 0.172. The molecule has 12 nitrogen and oxygen atoms in total. The van der Waals surface area contributed by atoms with Gasteiger partial charge in [0.1, 0.15) is 0 Å². The zero-order chi connectivity index (χ0) is 80.8. The number of carbonyl (C=O) groups is 4. The number of hydrogen-bond acceptors (Lipinski definition) is 5. The zero-order valence-corrected chi connectivity index (χ0v) is 69.4. The maximum absolute atomic E-state index is 13.7. The van der Waals surface area contributed by atoms with E-state index in [9.17, 15) is 19.2 Å². The number of H-pyrrole nitrogens is 4. The molecule has 0 bridgehead atoms. The summed E-state index contributed by atoms with van der Waals surface area (Å²) >= 11 is 32.0. The molecular formula is C99H83Cl5N8O4S. The van der Waals surface area contributed by atoms with Crippen molar-refractivity contribution in [3.63, 3.8) is 0 Å². The molecule has 4 unspecified atom stereocenters. The third kappa shape index (κ3) is 15.7. The van der Waals surface area contributed by atoms with Crippen LogP contribution in [0.1, 0.15) is 164 Å². The van der Waals surface area contributed by atoms with Crippen LogP contribution in [0, 0.1) is 6.92 Å². The number of halogens is 5. The smallest absolute Gasteiger partial charge is 0.264 e. The van der Waals surface area contributed by atoms with Gasteiger partial charge in [0, 0.05) is 134 Å². The summed E-state index contributed by atoms with van der Waals surface area (Å²) in [6.07, 6.45) is 3.32. The second kappa shape index (κ2) is 33.3. The van der Waals surface area contributed by atoms with Crippen molar-refractivity contribution in [2.45, 2.75) is 83.0 Å². The number of carbonyl (C=O) groups excluding carboxylic acids is 4. The number of para-hydroxylation sites is 4. The standard InChI is InChI=1S/C28H27ClN2O.C25H21ClN2O.C24H18Cl2N2O.C22H17ClN2OS/c1-28(2,3)20-12-8-19(9-13-20)27(32)31-17-16-23-22-6-4-5-7-24(22)30-25(23)26(31)18-10-14-21(29)15-11-18;1-16-6-2-3-7-19(16)25(29)28-15-14-21-20-8-4-5-9-22(20)27-23(21)24(28)17-10-12-18(26)13-11-17;25-17-9-5-15(6-10-17)23-22-20(19-3-1-2-4-21(19)27-22)13-14-28(23)24(29)16-7-11-18(26)12-8-16;23-15-9-7-14(8-10-15)21-20-17(16-4-1-2-5-18(16)24-20)11-12-25(21)22(26)19-6-3-13-27-19/h4-15,26,30H,16-17H2,1-3H3;2-13,24,27H,14-15H2,1H3;1-12,23,27H,13-14H2;1-10,13,21,24H,11-12H2. The lowest BCUT2D eigenvalue weighted by atomic mass is 9.86. The molecule has 16 aromatic rings. The number of amides is 4. The molecule has 0 radical (unpaired) electrons. The van der Waals surface area contributed by atoms with Gasteiger partial charge in [0.25, 0.3) is 23.6 Å². The maximum atomic E-state index is 13.7. The summed E-state index contributed by atoms with van der Waals surface area (Å²) in [6.45, 7) is 11.2. The van der Waals surface area contributed by atoms with Gasteiger partial charge in [-0.15, -0.1) is 11.3 Å². The Bertz CT molecular complexity index is 6350. The largest absolute Gasteiger partial charge is 0.356 e. The van der Waals surface area contributed by atoms with Crippen LogP contribution in [0.5, 0.6) is 0 Å². The number of hydrogen-bond donors (Lipinski definition) is 4. The van der Waals surface area contributed by atoms with E-state index in [0.717, 1.165) is 114 Å². The van der Waals surface area contributed by atoms with E-state index in [1.807, 2.05) is 202 Å². The van der Waals surface area contributed by atoms with Gasteiger partial charge < -0.3 is 39.5 Å². The molecule has 0 aliphatic carbocycles. The highest BCUT2D eigenvalue weighted by Gasteiger charge is 2.40. The van der Waals surface area contributed by atoms with Crippen molar-refractivity contribution >= 4 is 137 Å². The quantitative estimate of drug-likeness (QED) is 0.120. The molecule has 0 saturated carbocycles. The Morgan fingerprint density at radius 1 is 0.325 bits per heavy atom. The second-order valence-corrected chi connectivity index (χ2v) is 34.3. The van der Waals surface area contributed by atoms with E-state index in [2.05, 4.69) is 126 Å². The van der Waals surface area contributed by atoms with Gasteiger partial charge in [0.15, 0.2) is 0 Å². The predicted molar refractivity (Wildman–Crippen MR) is 477 cm³/mol. The average molecular weight is 1660 g/mol. The Morgan fingerprint density at radius 2 is 0.607 bits per heavy atom. The zero-order valence-electron chi connectivity index (χ0n) is 64.8. The van der Waals surface area contributed by atoms with Gasteiger partial charge in [-0.25, -0.2) is 0 Å². The van der Waals surface area contributed by atoms with Crippen LogP contribution in [0.2, 0.25) is 25.1 Å². The normalized spacial score (nSPS) is 16.2. The topological polar surface area (TPSA) is 144 Å². The number of fused-ring (bicyclic) bond motifs is 12. The fourth-order valence-corrected chi connectivity index (χ4v) is 18.7. The summed E-state index contributed by atoms with van der Waals surface area (Å²) in [4.78, 5) is 77.0. The Balaban J connectivity index is 0.000000112. The lowest BCUT2D eigenvalue weighted by Gasteiger charge is -2.36. The summed E-state index contributed by atoms with van der Waals surface area (Å²) in [5.41, 5.74) is 22.6. The SMILES string of the molecule is CC(C)(C)c1ccc(C(=O)N2CCc3c([nH]c4ccccc34)C2c2ccc(Cl)cc2)cc1.Cc1ccccc1C(=O)N1CCc2c([nH]c3ccccc23)C1c1ccc(Cl)cc1.O=C(c1ccc(Cl)cc1)N1CCc2c([nH]c3ccccc23)C1c1ccc(Cl)cc1.O=C(c1cccs1)N1CCc2c([nH]c3ccccc23)C1c1ccc(Cl)cc1. The third-order valence-corrected chi connectivity index (χ3v) is 25.2. The first kappa shape index (κ1) is 78.1. The molecule has 4 atom stereocenters. The molecule has 0 fully saturated rings. The van der Waals surface area contributed by atoms with Crippen molar-refractivity contribution in [3.05, 3.63) is 410 Å². The maximum Gasteiger partial charge on any atom is 0.264 e. The van der Waals surface area contributed by atoms with E-state index in [0.29, 0.717) is 56.9 Å². The van der Waals surface area contributed by atoms with E-state index in [-0.39, 0.29) is 53.2 Å². The van der Waals surface area contributed by atoms with Gasteiger partial charge in [-0.3, -0.25) is 19.2 Å². The van der Waals surface area contributed by atoms with Crippen LogP contribution in [-0.2, 0) is 31.1 Å². The third-order valence-electron chi connectivity index (χ3n) is 23.1. The Labute approximate surface area is 708 Å². The number of aromatic amines is 4. The minimum atomic E-state index is -0.202. The number of aromatic nitrogens is 4. The van der Waals surface area contributed by atoms with Crippen LogP contribution in [-0.4, -0.2) is 89.3 Å². The minimum Gasteiger partial charge on any atom is -0.356 e. The lowest BCUT2D eigenvalue weighted by Crippen LogP contribution is -2.40. The average Bonchev–Trinajstić information content (AvgIpc) is 1.61. The first-order chi connectivity index (χ1) is 56.8. The number of nitrogens with zero attached hydrogens (tertiary/aromatic N) is 4. The molecule has 4 aliphatic heterocycles. The van der Waals surface area contributed by atoms with Crippen LogP contribution >= 0.6 is 69.3 Å². The van der Waals surface area contributed by atoms with Gasteiger partial charge in [-0.05, 0) is 220 Å². The van der Waals surface area contributed by atoms with E-state index in [4.69, 9.17) is 58.0 Å². The molecule has 4 N–H and O–H groups in total. The summed E-state index contributed by atoms with van der Waals surface area (Å²) in [5, 5.41) is 10.3. The van der Waals surface area contributed by atoms with E-state index < -0.39 is 0 Å². The molecule has 4 amide bonds. The number of benzene rings is 11. The van der Waals surface area contributed by atoms with Crippen molar-refractivity contribution in [1.29, 1.82) is 0 Å². The van der Waals surface area contributed by atoms with Crippen molar-refractivity contribution < 1.29 is 19.2 Å². The van der Waals surface area contributed by atoms with Gasteiger partial charge in [-0.2, -0.15) is 0 Å². The summed E-state index contributed by atoms with van der Waals surface area (Å²) in [6, 6.07) is 90.7. The molecule has 117 heavy (non-hydrogen) atoms. The van der Waals surface area contributed by atoms with Gasteiger partial charge in [0.2, 0.25) is 0 Å². The van der Waals surface area contributed by atoms with Gasteiger partial charge in [-0.1, -0.05) is 237 Å². The molecule has 11 aromatic carbocycles. The Hall–Kier alpha value is -11.4. The van der Waals surface area contributed by atoms with Crippen LogP contribution in [0.15, 0.2) is 284 Å². The van der Waals surface area contributed by atoms with Crippen LogP contribution in [0.4, 0.5) is 0 Å². The summed E-state index contributed by atoms with van der Waals surface area (Å²) in [5.74, 6) is 0.183. The molecule has 0 saturated heterocycles. The highest BCUT2D eigenvalue weighted by atomic mass is 35.5. The fourth-order valence-electron chi connectivity index (χ4n) is 17.4. The molecule has 0 spiro atoms. The highest BCUT2D eigenvalue weighted by molar-refractivity contribution is 7.12. The number of rotatable bonds is 8. The number of thiophene rings is 1. The molecule has 584 valence electrons. The Kier molecular flexibility index (Phi) is 22.2. The first-order valence-electron chi connectivity index (χ1n) is 39.4. The minimum absolute atomic E-state index is 0.00840. The second-order valence-electron chi connectivity index (χ2n) is 31.2. The van der Waals surface area contributed by atoms with Crippen molar-refractivity contribution in [2.75, 3.05) is 26.2 Å². The van der Waals surface area contributed by atoms with Crippen LogP contribution in [0.3, 0.4) is 0 Å². The molecule has 9 heterocycles. The lowest BCUT2D eigenvalue weighted by molar-refractivity contribution is 0.0684. The van der Waals surface area contributed by atoms with Gasteiger partial charge in [0.05, 0.1) is 29.0 Å².